The van der Waals surface area contributed by atoms with Gasteiger partial charge in [-0.15, -0.1) is 0 Å². The van der Waals surface area contributed by atoms with E-state index in [2.05, 4.69) is 308 Å². The predicted molar refractivity (Wildman–Crippen MR) is 415 cm³/mol. The summed E-state index contributed by atoms with van der Waals surface area (Å²) >= 11 is 10.6. The van der Waals surface area contributed by atoms with Crippen LogP contribution < -0.4 is 19.9 Å². The molecule has 18 aromatic rings. The molecule has 0 aliphatic carbocycles. The highest BCUT2D eigenvalue weighted by Crippen LogP contribution is 2.47. The Morgan fingerprint density at radius 1 is 0.271 bits per heavy atom. The molecule has 0 bridgehead atoms. The highest BCUT2D eigenvalue weighted by Gasteiger charge is 2.24. The molecule has 3 heterocycles. The normalized spacial score (nSPS) is 11.7. The molecule has 0 fully saturated rings. The fourth-order valence-electron chi connectivity index (χ4n) is 13.3. The van der Waals surface area contributed by atoms with Gasteiger partial charge >= 0.3 is 0 Å². The van der Waals surface area contributed by atoms with E-state index in [0.29, 0.717) is 5.69 Å². The summed E-state index contributed by atoms with van der Waals surface area (Å²) in [4.78, 5) is 6.60. The second kappa shape index (κ2) is 25.1. The van der Waals surface area contributed by atoms with Crippen LogP contribution in [0.1, 0.15) is 0 Å². The van der Waals surface area contributed by atoms with Gasteiger partial charge in [0.15, 0.2) is 0 Å². The number of anilines is 9. The molecule has 18 rings (SSSR count). The lowest BCUT2D eigenvalue weighted by Crippen LogP contribution is -2.37. The highest BCUT2D eigenvalue weighted by atomic mass is 79.9. The monoisotopic (exact) mass is 1450 g/mol. The first-order valence-corrected chi connectivity index (χ1v) is 37.7. The van der Waals surface area contributed by atoms with Crippen molar-refractivity contribution in [1.82, 2.24) is 0 Å². The maximum atomic E-state index is 15.5. The lowest BCUT2D eigenvalue weighted by Gasteiger charge is -2.28. The summed E-state index contributed by atoms with van der Waals surface area (Å²) < 4.78 is 36.7. The Labute approximate surface area is 580 Å². The van der Waals surface area contributed by atoms with E-state index in [4.69, 9.17) is 13.3 Å². The topological polar surface area (TPSA) is 49.1 Å². The molecule has 6 nitrogen and oxygen atoms in total. The van der Waals surface area contributed by atoms with Crippen molar-refractivity contribution in [2.75, 3.05) is 14.7 Å². The van der Waals surface area contributed by atoms with Crippen LogP contribution in [0.4, 0.5) is 55.6 Å². The van der Waals surface area contributed by atoms with E-state index < -0.39 is 8.07 Å². The Kier molecular flexibility index (Phi) is 15.9. The van der Waals surface area contributed by atoms with Crippen molar-refractivity contribution >= 4 is 210 Å². The second-order valence-corrected chi connectivity index (χ2v) is 32.8. The van der Waals surface area contributed by atoms with Gasteiger partial charge in [-0.05, 0) is 203 Å². The zero-order valence-corrected chi connectivity index (χ0v) is 58.2. The van der Waals surface area contributed by atoms with E-state index in [0.717, 1.165) is 130 Å². The average molecular weight is 1460 g/mol. The smallest absolute Gasteiger partial charge is 0.147 e. The van der Waals surface area contributed by atoms with Crippen LogP contribution in [0.25, 0.3) is 98.1 Å². The SMILES string of the molecule is Brc1ccc2c(c1)oc1ccc(N(c3ccccc3)c3ccccc3)cc12.C[Si](C)(C)c1ccc(N(c2ccccc2)c2ccc3oc4cc(Br)ccc4c3c2)cc1.Fc1ccccc1N(c1ccc2oc3cc(Br)ccc3c2c1)c1ccc2ccc3cccc4ccc1c2c34. The third kappa shape index (κ3) is 11.4. The van der Waals surface area contributed by atoms with Gasteiger partial charge in [-0.3, -0.25) is 0 Å². The number of nitrogens with zero attached hydrogens (tertiary/aromatic N) is 3. The van der Waals surface area contributed by atoms with Crippen molar-refractivity contribution in [3.63, 3.8) is 0 Å². The van der Waals surface area contributed by atoms with Crippen LogP contribution in [0.15, 0.2) is 330 Å². The van der Waals surface area contributed by atoms with Crippen LogP contribution in [-0.2, 0) is 0 Å². The molecule has 0 saturated heterocycles. The third-order valence-corrected chi connectivity index (χ3v) is 21.4. The van der Waals surface area contributed by atoms with Gasteiger partial charge in [0.2, 0.25) is 0 Å². The molecule has 0 amide bonds. The predicted octanol–water partition coefficient (Wildman–Crippen LogP) is 27.0. The Hall–Kier alpha value is -10.3. The summed E-state index contributed by atoms with van der Waals surface area (Å²) in [5, 5.41) is 15.0. The summed E-state index contributed by atoms with van der Waals surface area (Å²) in [7, 11) is -1.35. The summed E-state index contributed by atoms with van der Waals surface area (Å²) in [5.74, 6) is -0.278. The number of halogens is 4. The number of hydrogen-bond donors (Lipinski definition) is 0. The second-order valence-electron chi connectivity index (χ2n) is 25.0. The molecule has 11 heteroatoms. The van der Waals surface area contributed by atoms with E-state index >= 15 is 4.39 Å². The quantitative estimate of drug-likeness (QED) is 0.100. The number of hydrogen-bond acceptors (Lipinski definition) is 6. The first-order chi connectivity index (χ1) is 46.8. The van der Waals surface area contributed by atoms with E-state index in [1.165, 1.54) is 38.2 Å². The van der Waals surface area contributed by atoms with E-state index in [1.807, 2.05) is 65.6 Å². The highest BCUT2D eigenvalue weighted by molar-refractivity contribution is 9.11. The van der Waals surface area contributed by atoms with Gasteiger partial charge in [-0.1, -0.05) is 200 Å². The van der Waals surface area contributed by atoms with Crippen LogP contribution in [0.5, 0.6) is 0 Å². The standard InChI is InChI=1S/C34H19BrFNO.C27H24BrNOSi.C24H16BrNO/c35-23-12-15-25-27-19-24(13-17-31(27)38-32(25)18-23)37(30-7-2-1-6-28(30)36)29-16-11-22-9-8-20-4-3-5-21-10-14-26(29)34(22)33(20)21;1-31(2,3)23-13-10-21(11-14-23)29(20-7-5-4-6-8-20)22-12-16-26-25(18-22)24-15-9-19(28)17-27(24)30-26;25-17-11-13-21-22-16-20(12-14-23(22)27-24(21)15-17)26(18-7-3-1-4-8-18)19-9-5-2-6-10-19/h1-19H;4-18H,1-3H3;1-16H. The number of rotatable bonds is 10. The van der Waals surface area contributed by atoms with Crippen LogP contribution in [0.2, 0.25) is 19.6 Å². The molecular weight excluding hydrogens is 1400 g/mol. The maximum Gasteiger partial charge on any atom is 0.147 e. The molecule has 3 aromatic heterocycles. The van der Waals surface area contributed by atoms with E-state index in [9.17, 15) is 0 Å². The molecule has 15 aromatic carbocycles. The minimum atomic E-state index is -1.35. The summed E-state index contributed by atoms with van der Waals surface area (Å²) in [6.07, 6.45) is 0. The fourth-order valence-corrected chi connectivity index (χ4v) is 15.5. The molecule has 0 aliphatic rings. The molecule has 0 spiro atoms. The summed E-state index contributed by atoms with van der Waals surface area (Å²) in [6, 6.07) is 104. The number of para-hydroxylation sites is 4. The molecule has 464 valence electrons. The molecule has 0 N–H and O–H groups in total. The van der Waals surface area contributed by atoms with Crippen molar-refractivity contribution in [2.24, 2.45) is 0 Å². The largest absolute Gasteiger partial charge is 0.456 e. The first-order valence-electron chi connectivity index (χ1n) is 31.8. The van der Waals surface area contributed by atoms with Gasteiger partial charge in [0.05, 0.1) is 19.4 Å². The van der Waals surface area contributed by atoms with Gasteiger partial charge in [-0.25, -0.2) is 4.39 Å². The van der Waals surface area contributed by atoms with Crippen LogP contribution in [0.3, 0.4) is 0 Å². The Bertz CT molecular complexity index is 5860. The zero-order chi connectivity index (χ0) is 65.2. The zero-order valence-electron chi connectivity index (χ0n) is 52.4. The Morgan fingerprint density at radius 2 is 0.635 bits per heavy atom. The van der Waals surface area contributed by atoms with Gasteiger partial charge < -0.3 is 28.0 Å². The van der Waals surface area contributed by atoms with Crippen LogP contribution >= 0.6 is 47.8 Å². The fraction of sp³-hybridized carbons (Fsp3) is 0.0353. The third-order valence-electron chi connectivity index (χ3n) is 17.9. The molecule has 0 saturated carbocycles. The number of benzene rings is 15. The minimum Gasteiger partial charge on any atom is -0.456 e. The summed E-state index contributed by atoms with van der Waals surface area (Å²) in [6.45, 7) is 7.15. The molecule has 0 aliphatic heterocycles. The van der Waals surface area contributed by atoms with Crippen LogP contribution in [-0.4, -0.2) is 8.07 Å². The lowest BCUT2D eigenvalue weighted by molar-refractivity contribution is 0.629. The molecule has 96 heavy (non-hydrogen) atoms. The van der Waals surface area contributed by atoms with Crippen molar-refractivity contribution in [3.05, 3.63) is 323 Å². The van der Waals surface area contributed by atoms with Crippen molar-refractivity contribution in [3.8, 4) is 0 Å². The molecule has 0 unspecified atom stereocenters. The van der Waals surface area contributed by atoms with E-state index in [1.54, 1.807) is 6.07 Å². The van der Waals surface area contributed by atoms with Crippen LogP contribution in [0, 0.1) is 5.82 Å². The average Bonchev–Trinajstić information content (AvgIpc) is 0.883. The van der Waals surface area contributed by atoms with Gasteiger partial charge in [-0.2, -0.15) is 0 Å². The summed E-state index contributed by atoms with van der Waals surface area (Å²) in [5.41, 5.74) is 14.2. The van der Waals surface area contributed by atoms with Crippen molar-refractivity contribution in [1.29, 1.82) is 0 Å². The lowest BCUT2D eigenvalue weighted by atomic mass is 9.93. The van der Waals surface area contributed by atoms with Gasteiger partial charge in [0.25, 0.3) is 0 Å². The minimum absolute atomic E-state index is 0.278. The Morgan fingerprint density at radius 3 is 1.07 bits per heavy atom. The van der Waals surface area contributed by atoms with Gasteiger partial charge in [0, 0.05) is 90.9 Å². The first kappa shape index (κ1) is 60.7. The Balaban J connectivity index is 0.000000115. The maximum absolute atomic E-state index is 15.5. The molecule has 0 atom stereocenters. The van der Waals surface area contributed by atoms with Gasteiger partial charge in [0.1, 0.15) is 39.3 Å². The number of furan rings is 3. The van der Waals surface area contributed by atoms with Crippen molar-refractivity contribution in [2.45, 2.75) is 19.6 Å². The molecular formula is C85H59Br3FN3O3Si. The number of fused-ring (bicyclic) bond motifs is 9. The molecule has 0 radical (unpaired) electrons. The van der Waals surface area contributed by atoms with E-state index in [-0.39, 0.29) is 5.82 Å². The van der Waals surface area contributed by atoms with Crippen molar-refractivity contribution < 1.29 is 17.6 Å².